The van der Waals surface area contributed by atoms with Gasteiger partial charge in [0.15, 0.2) is 17.5 Å². The summed E-state index contributed by atoms with van der Waals surface area (Å²) in [7, 11) is 1.54. The van der Waals surface area contributed by atoms with Crippen LogP contribution in [0.25, 0.3) is 0 Å². The molecule has 1 aliphatic heterocycles. The molecule has 0 fully saturated rings. The number of hydrogen-bond acceptors (Lipinski definition) is 5. The van der Waals surface area contributed by atoms with Gasteiger partial charge in [0, 0.05) is 36.2 Å². The third-order valence-electron chi connectivity index (χ3n) is 4.88. The first-order valence-electron chi connectivity index (χ1n) is 10.4. The minimum atomic E-state index is 0. The molecular formula is C23H32IN3O4. The molecule has 170 valence electrons. The van der Waals surface area contributed by atoms with Crippen LogP contribution in [0.2, 0.25) is 0 Å². The number of rotatable bonds is 8. The Morgan fingerprint density at radius 2 is 2.00 bits per heavy atom. The second-order valence-electron chi connectivity index (χ2n) is 7.15. The van der Waals surface area contributed by atoms with E-state index in [0.717, 1.165) is 35.6 Å². The van der Waals surface area contributed by atoms with Gasteiger partial charge in [0.25, 0.3) is 0 Å². The molecule has 0 bridgehead atoms. The number of para-hydroxylation sites is 1. The topological polar surface area (TPSA) is 84.3 Å². The Bertz CT molecular complexity index is 905. The summed E-state index contributed by atoms with van der Waals surface area (Å²) >= 11 is 0. The maximum Gasteiger partial charge on any atom is 0.191 e. The summed E-state index contributed by atoms with van der Waals surface area (Å²) in [6.07, 6.45) is 1.08. The predicted molar refractivity (Wildman–Crippen MR) is 133 cm³/mol. The highest BCUT2D eigenvalue weighted by molar-refractivity contribution is 14.0. The summed E-state index contributed by atoms with van der Waals surface area (Å²) in [5, 5.41) is 16.8. The summed E-state index contributed by atoms with van der Waals surface area (Å²) in [6, 6.07) is 9.52. The smallest absolute Gasteiger partial charge is 0.191 e. The van der Waals surface area contributed by atoms with Crippen LogP contribution in [0.15, 0.2) is 35.3 Å². The lowest BCUT2D eigenvalue weighted by atomic mass is 10.1. The van der Waals surface area contributed by atoms with E-state index in [4.69, 9.17) is 19.2 Å². The van der Waals surface area contributed by atoms with E-state index in [1.165, 1.54) is 12.7 Å². The third kappa shape index (κ3) is 6.32. The van der Waals surface area contributed by atoms with Crippen LogP contribution in [0.1, 0.15) is 37.5 Å². The molecule has 0 spiro atoms. The predicted octanol–water partition coefficient (Wildman–Crippen LogP) is 4.00. The van der Waals surface area contributed by atoms with Crippen molar-refractivity contribution < 1.29 is 19.3 Å². The first-order valence-corrected chi connectivity index (χ1v) is 10.4. The Labute approximate surface area is 201 Å². The maximum absolute atomic E-state index is 10.3. The fraction of sp³-hybridized carbons (Fsp3) is 0.435. The Hall–Kier alpha value is -2.36. The van der Waals surface area contributed by atoms with E-state index in [9.17, 15) is 5.11 Å². The van der Waals surface area contributed by atoms with Crippen molar-refractivity contribution in [2.75, 3.05) is 20.3 Å². The molecule has 1 aliphatic rings. The molecule has 3 rings (SSSR count). The number of phenolic OH excluding ortho intramolecular Hbond substituents is 1. The van der Waals surface area contributed by atoms with Crippen molar-refractivity contribution in [2.45, 2.75) is 46.4 Å². The van der Waals surface area contributed by atoms with Crippen molar-refractivity contribution in [3.63, 3.8) is 0 Å². The van der Waals surface area contributed by atoms with Gasteiger partial charge in [-0.1, -0.05) is 12.1 Å². The lowest BCUT2D eigenvalue weighted by Gasteiger charge is -2.15. The Balaban J connectivity index is 0.00000341. The molecule has 2 aromatic carbocycles. The maximum atomic E-state index is 10.3. The number of halogens is 1. The number of fused-ring (bicyclic) bond motifs is 1. The number of nitrogens with one attached hydrogen (secondary N) is 2. The van der Waals surface area contributed by atoms with Gasteiger partial charge in [0.05, 0.1) is 20.3 Å². The first kappa shape index (κ1) is 24.9. The molecule has 0 aromatic heterocycles. The number of guanidine groups is 1. The highest BCUT2D eigenvalue weighted by Gasteiger charge is 2.21. The number of phenols is 1. The minimum Gasteiger partial charge on any atom is -0.504 e. The standard InChI is InChI=1S/C23H31N3O4.HI/c1-5-24-23(25-13-16-8-7-9-19(28-4)22(16)27)26-14-18-12-21-17(10-15(3)30-21)11-20(18)29-6-2;/h7-9,11-12,15,27H,5-6,10,13-14H2,1-4H3,(H2,24,25,26);1H. The van der Waals surface area contributed by atoms with E-state index >= 15 is 0 Å². The van der Waals surface area contributed by atoms with Gasteiger partial charge in [0.1, 0.15) is 17.6 Å². The Kier molecular flexibility index (Phi) is 9.54. The van der Waals surface area contributed by atoms with Gasteiger partial charge in [-0.05, 0) is 39.0 Å². The molecule has 1 heterocycles. The molecule has 7 nitrogen and oxygen atoms in total. The van der Waals surface area contributed by atoms with Crippen molar-refractivity contribution in [2.24, 2.45) is 4.99 Å². The van der Waals surface area contributed by atoms with Crippen LogP contribution in [-0.4, -0.2) is 37.4 Å². The Morgan fingerprint density at radius 3 is 2.71 bits per heavy atom. The van der Waals surface area contributed by atoms with Crippen LogP contribution >= 0.6 is 24.0 Å². The fourth-order valence-corrected chi connectivity index (χ4v) is 3.45. The van der Waals surface area contributed by atoms with Gasteiger partial charge < -0.3 is 30.0 Å². The van der Waals surface area contributed by atoms with Gasteiger partial charge in [-0.15, -0.1) is 24.0 Å². The van der Waals surface area contributed by atoms with E-state index in [1.807, 2.05) is 32.0 Å². The SMILES string of the molecule is CCNC(=NCc1cc2c(cc1OCC)CC(C)O2)NCc1cccc(OC)c1O.I. The zero-order chi connectivity index (χ0) is 21.5. The number of aromatic hydroxyl groups is 1. The fourth-order valence-electron chi connectivity index (χ4n) is 3.45. The number of nitrogens with zero attached hydrogens (tertiary/aromatic N) is 1. The van der Waals surface area contributed by atoms with Gasteiger partial charge in [-0.3, -0.25) is 0 Å². The van der Waals surface area contributed by atoms with Crippen molar-refractivity contribution >= 4 is 29.9 Å². The van der Waals surface area contributed by atoms with Crippen molar-refractivity contribution in [1.82, 2.24) is 10.6 Å². The van der Waals surface area contributed by atoms with Crippen molar-refractivity contribution in [3.8, 4) is 23.0 Å². The van der Waals surface area contributed by atoms with Gasteiger partial charge in [0.2, 0.25) is 0 Å². The zero-order valence-electron chi connectivity index (χ0n) is 18.5. The van der Waals surface area contributed by atoms with Crippen LogP contribution in [0, 0.1) is 0 Å². The number of benzene rings is 2. The Morgan fingerprint density at radius 1 is 1.19 bits per heavy atom. The highest BCUT2D eigenvalue weighted by atomic mass is 127. The number of ether oxygens (including phenoxy) is 3. The molecule has 8 heteroatoms. The van der Waals surface area contributed by atoms with Crippen molar-refractivity contribution in [1.29, 1.82) is 0 Å². The normalized spacial score (nSPS) is 14.8. The lowest BCUT2D eigenvalue weighted by molar-refractivity contribution is 0.254. The molecule has 0 saturated heterocycles. The average Bonchev–Trinajstić information content (AvgIpc) is 3.09. The summed E-state index contributed by atoms with van der Waals surface area (Å²) in [4.78, 5) is 4.70. The first-order chi connectivity index (χ1) is 14.5. The average molecular weight is 541 g/mol. The van der Waals surface area contributed by atoms with Crippen LogP contribution in [0.5, 0.6) is 23.0 Å². The van der Waals surface area contributed by atoms with E-state index in [1.54, 1.807) is 6.07 Å². The minimum absolute atomic E-state index is 0. The molecule has 31 heavy (non-hydrogen) atoms. The molecule has 1 atom stereocenters. The molecular weight excluding hydrogens is 509 g/mol. The second-order valence-corrected chi connectivity index (χ2v) is 7.15. The van der Waals surface area contributed by atoms with Crippen LogP contribution in [0.4, 0.5) is 0 Å². The summed E-state index contributed by atoms with van der Waals surface area (Å²) in [5.41, 5.74) is 2.89. The van der Waals surface area contributed by atoms with Crippen LogP contribution < -0.4 is 24.8 Å². The van der Waals surface area contributed by atoms with E-state index in [2.05, 4.69) is 23.6 Å². The number of aliphatic imine (C=N–C) groups is 1. The van der Waals surface area contributed by atoms with E-state index < -0.39 is 0 Å². The van der Waals surface area contributed by atoms with Gasteiger partial charge in [-0.25, -0.2) is 4.99 Å². The molecule has 2 aromatic rings. The number of methoxy groups -OCH3 is 1. The molecule has 0 amide bonds. The van der Waals surface area contributed by atoms with Gasteiger partial charge >= 0.3 is 0 Å². The summed E-state index contributed by atoms with van der Waals surface area (Å²) in [6.45, 7) is 8.23. The zero-order valence-corrected chi connectivity index (χ0v) is 20.9. The molecule has 0 radical (unpaired) electrons. The number of hydrogen-bond donors (Lipinski definition) is 3. The van der Waals surface area contributed by atoms with Crippen molar-refractivity contribution in [3.05, 3.63) is 47.0 Å². The molecule has 1 unspecified atom stereocenters. The van der Waals surface area contributed by atoms with Crippen LogP contribution in [0.3, 0.4) is 0 Å². The molecule has 0 aliphatic carbocycles. The lowest BCUT2D eigenvalue weighted by Crippen LogP contribution is -2.36. The molecule has 3 N–H and O–H groups in total. The molecule has 0 saturated carbocycles. The van der Waals surface area contributed by atoms with Gasteiger partial charge in [-0.2, -0.15) is 0 Å². The summed E-state index contributed by atoms with van der Waals surface area (Å²) in [5.74, 6) is 2.99. The van der Waals surface area contributed by atoms with E-state index in [0.29, 0.717) is 31.4 Å². The highest BCUT2D eigenvalue weighted by Crippen LogP contribution is 2.35. The third-order valence-corrected chi connectivity index (χ3v) is 4.88. The largest absolute Gasteiger partial charge is 0.504 e. The van der Waals surface area contributed by atoms with Crippen LogP contribution in [-0.2, 0) is 19.5 Å². The monoisotopic (exact) mass is 541 g/mol. The summed E-state index contributed by atoms with van der Waals surface area (Å²) < 4.78 is 16.9. The second kappa shape index (κ2) is 11.9. The van der Waals surface area contributed by atoms with E-state index in [-0.39, 0.29) is 35.8 Å². The quantitative estimate of drug-likeness (QED) is 0.266.